The molecule has 1 aliphatic rings. The number of sulfonamides is 1. The van der Waals surface area contributed by atoms with Gasteiger partial charge in [0.25, 0.3) is 0 Å². The number of nitrogens with one attached hydrogen (secondary N) is 2. The molecule has 2 N–H and O–H groups in total. The molecule has 1 heterocycles. The minimum atomic E-state index is -3.73. The summed E-state index contributed by atoms with van der Waals surface area (Å²) in [5.41, 5.74) is 0.913. The van der Waals surface area contributed by atoms with Gasteiger partial charge in [0.05, 0.1) is 17.5 Å². The van der Waals surface area contributed by atoms with E-state index in [1.807, 2.05) is 0 Å². The van der Waals surface area contributed by atoms with E-state index in [1.165, 1.54) is 49.6 Å². The Hall–Kier alpha value is -2.98. The fourth-order valence-corrected chi connectivity index (χ4v) is 4.91. The lowest BCUT2D eigenvalue weighted by molar-refractivity contribution is 0.170. The molecule has 10 heteroatoms. The quantitative estimate of drug-likeness (QED) is 0.637. The lowest BCUT2D eigenvalue weighted by Gasteiger charge is -2.12. The monoisotopic (exact) mass is 432 g/mol. The number of benzene rings is 2. The predicted molar refractivity (Wildman–Crippen MR) is 110 cm³/mol. The van der Waals surface area contributed by atoms with Crippen LogP contribution in [0.4, 0.5) is 20.7 Å². The van der Waals surface area contributed by atoms with E-state index in [9.17, 15) is 17.6 Å². The van der Waals surface area contributed by atoms with Crippen LogP contribution in [0.5, 0.6) is 0 Å². The minimum absolute atomic E-state index is 0.0692. The highest BCUT2D eigenvalue weighted by Gasteiger charge is 2.25. The van der Waals surface area contributed by atoms with Crippen molar-refractivity contribution in [3.8, 4) is 0 Å². The van der Waals surface area contributed by atoms with Gasteiger partial charge >= 0.3 is 6.09 Å². The number of methoxy groups -OCH3 is 1. The molecule has 0 amide bonds. The molecule has 0 spiro atoms. The number of rotatable bonds is 5. The van der Waals surface area contributed by atoms with E-state index < -0.39 is 21.9 Å². The highest BCUT2D eigenvalue weighted by molar-refractivity contribution is 7.89. The molecule has 8 nitrogen and oxygen atoms in total. The summed E-state index contributed by atoms with van der Waals surface area (Å²) >= 11 is 0. The minimum Gasteiger partial charge on any atom is -0.451 e. The molecule has 0 saturated heterocycles. The van der Waals surface area contributed by atoms with Gasteiger partial charge in [-0.15, -0.1) is 5.10 Å². The molecule has 0 bridgehead atoms. The molecule has 4 rings (SSSR count). The van der Waals surface area contributed by atoms with Gasteiger partial charge in [0.2, 0.25) is 10.0 Å². The van der Waals surface area contributed by atoms with Crippen LogP contribution in [0.3, 0.4) is 0 Å². The summed E-state index contributed by atoms with van der Waals surface area (Å²) in [6.45, 7) is 0. The maximum atomic E-state index is 13.2. The molecule has 30 heavy (non-hydrogen) atoms. The highest BCUT2D eigenvalue weighted by Crippen LogP contribution is 2.29. The van der Waals surface area contributed by atoms with Crippen molar-refractivity contribution < 1.29 is 22.3 Å². The molecule has 0 unspecified atom stereocenters. The molecule has 1 aromatic heterocycles. The lowest BCUT2D eigenvalue weighted by Crippen LogP contribution is -2.32. The van der Waals surface area contributed by atoms with E-state index in [1.54, 1.807) is 0 Å². The number of fused-ring (bicyclic) bond motifs is 1. The normalized spacial score (nSPS) is 14.9. The second-order valence-electron chi connectivity index (χ2n) is 7.14. The van der Waals surface area contributed by atoms with E-state index in [0.29, 0.717) is 16.6 Å². The molecule has 0 atom stereocenters. The molecule has 1 saturated carbocycles. The summed E-state index contributed by atoms with van der Waals surface area (Å²) in [5, 5.41) is 7.65. The summed E-state index contributed by atoms with van der Waals surface area (Å²) in [5.74, 6) is -0.142. The fraction of sp³-hybridized carbons (Fsp3) is 0.300. The van der Waals surface area contributed by atoms with Gasteiger partial charge in [0.15, 0.2) is 5.82 Å². The molecular formula is C20H21FN4O4S. The van der Waals surface area contributed by atoms with Crippen LogP contribution in [0.25, 0.3) is 10.9 Å². The Morgan fingerprint density at radius 3 is 2.53 bits per heavy atom. The number of anilines is 2. The van der Waals surface area contributed by atoms with E-state index >= 15 is 0 Å². The smallest absolute Gasteiger partial charge is 0.435 e. The largest absolute Gasteiger partial charge is 0.451 e. The van der Waals surface area contributed by atoms with Crippen LogP contribution in [0.15, 0.2) is 47.4 Å². The van der Waals surface area contributed by atoms with E-state index in [2.05, 4.69) is 15.1 Å². The van der Waals surface area contributed by atoms with Gasteiger partial charge in [-0.05, 0) is 55.3 Å². The number of nitrogens with zero attached hydrogens (tertiary/aromatic N) is 2. The summed E-state index contributed by atoms with van der Waals surface area (Å²) < 4.78 is 47.4. The second kappa shape index (κ2) is 8.04. The van der Waals surface area contributed by atoms with Crippen LogP contribution in [-0.4, -0.2) is 37.4 Å². The Morgan fingerprint density at radius 2 is 1.87 bits per heavy atom. The van der Waals surface area contributed by atoms with Crippen molar-refractivity contribution in [3.63, 3.8) is 0 Å². The lowest BCUT2D eigenvalue weighted by atomic mass is 10.2. The van der Waals surface area contributed by atoms with Crippen molar-refractivity contribution in [1.29, 1.82) is 0 Å². The molecule has 2 aromatic carbocycles. The second-order valence-corrected chi connectivity index (χ2v) is 8.86. The van der Waals surface area contributed by atoms with Gasteiger partial charge in [-0.2, -0.15) is 4.68 Å². The summed E-state index contributed by atoms with van der Waals surface area (Å²) in [4.78, 5) is 12.2. The zero-order chi connectivity index (χ0) is 21.3. The van der Waals surface area contributed by atoms with Gasteiger partial charge in [0, 0.05) is 17.1 Å². The summed E-state index contributed by atoms with van der Waals surface area (Å²) in [6.07, 6.45) is 2.93. The van der Waals surface area contributed by atoms with E-state index in [-0.39, 0.29) is 16.8 Å². The molecule has 1 fully saturated rings. The Morgan fingerprint density at radius 1 is 1.17 bits per heavy atom. The number of carbonyl (C=O) groups is 1. The maximum Gasteiger partial charge on any atom is 0.435 e. The topological polar surface area (TPSA) is 102 Å². The van der Waals surface area contributed by atoms with Crippen molar-refractivity contribution in [1.82, 2.24) is 14.5 Å². The van der Waals surface area contributed by atoms with Crippen molar-refractivity contribution >= 4 is 38.5 Å². The Labute approximate surface area is 173 Å². The Balaban J connectivity index is 1.76. The zero-order valence-corrected chi connectivity index (χ0v) is 17.1. The van der Waals surface area contributed by atoms with Gasteiger partial charge in [-0.1, -0.05) is 12.8 Å². The first-order valence-corrected chi connectivity index (χ1v) is 11.0. The number of halogens is 1. The standard InChI is InChI=1S/C20H21FN4O4S/c1-29-20(26)25-18-11-10-16(30(27,28)24-15-4-2-3-5-15)12-17(18)19(23-25)22-14-8-6-13(21)7-9-14/h6-12,15,24H,2-5H2,1H3,(H,22,23). The fourth-order valence-electron chi connectivity index (χ4n) is 3.58. The van der Waals surface area contributed by atoms with E-state index in [0.717, 1.165) is 30.4 Å². The summed E-state index contributed by atoms with van der Waals surface area (Å²) in [7, 11) is -2.50. The first-order valence-electron chi connectivity index (χ1n) is 9.53. The van der Waals surface area contributed by atoms with Crippen molar-refractivity contribution in [2.24, 2.45) is 0 Å². The van der Waals surface area contributed by atoms with E-state index in [4.69, 9.17) is 4.74 Å². The highest BCUT2D eigenvalue weighted by atomic mass is 32.2. The number of ether oxygens (including phenoxy) is 1. The van der Waals surface area contributed by atoms with Gasteiger partial charge in [0.1, 0.15) is 5.82 Å². The molecular weight excluding hydrogens is 411 g/mol. The molecule has 158 valence electrons. The molecule has 3 aromatic rings. The maximum absolute atomic E-state index is 13.2. The van der Waals surface area contributed by atoms with Crippen molar-refractivity contribution in [3.05, 3.63) is 48.3 Å². The molecule has 1 aliphatic carbocycles. The third-order valence-electron chi connectivity index (χ3n) is 5.09. The summed E-state index contributed by atoms with van der Waals surface area (Å²) in [6, 6.07) is 9.93. The number of hydrogen-bond acceptors (Lipinski definition) is 6. The van der Waals surface area contributed by atoms with Crippen LogP contribution in [0.2, 0.25) is 0 Å². The average Bonchev–Trinajstić information content (AvgIpc) is 3.36. The SMILES string of the molecule is COC(=O)n1nc(Nc2ccc(F)cc2)c2cc(S(=O)(=O)NC3CCCC3)ccc21. The Bertz CT molecular complexity index is 1190. The van der Waals surface area contributed by atoms with Crippen LogP contribution in [0, 0.1) is 5.82 Å². The van der Waals surface area contributed by atoms with Crippen LogP contribution in [0.1, 0.15) is 25.7 Å². The van der Waals surface area contributed by atoms with Gasteiger partial charge < -0.3 is 10.1 Å². The number of carbonyl (C=O) groups excluding carboxylic acids is 1. The molecule has 0 aliphatic heterocycles. The van der Waals surface area contributed by atoms with Gasteiger partial charge in [-0.25, -0.2) is 22.3 Å². The molecule has 0 radical (unpaired) electrons. The van der Waals surface area contributed by atoms with Crippen LogP contribution in [-0.2, 0) is 14.8 Å². The van der Waals surface area contributed by atoms with Crippen molar-refractivity contribution in [2.45, 2.75) is 36.6 Å². The average molecular weight is 432 g/mol. The van der Waals surface area contributed by atoms with Crippen molar-refractivity contribution in [2.75, 3.05) is 12.4 Å². The number of hydrogen-bond donors (Lipinski definition) is 2. The van der Waals surface area contributed by atoms with Crippen LogP contribution < -0.4 is 10.0 Å². The van der Waals surface area contributed by atoms with Gasteiger partial charge in [-0.3, -0.25) is 0 Å². The first kappa shape index (κ1) is 20.3. The third-order valence-corrected chi connectivity index (χ3v) is 6.61. The first-order chi connectivity index (χ1) is 14.4. The third kappa shape index (κ3) is 4.01. The predicted octanol–water partition coefficient (Wildman–Crippen LogP) is 3.75. The Kier molecular flexibility index (Phi) is 5.44. The zero-order valence-electron chi connectivity index (χ0n) is 16.3. The van der Waals surface area contributed by atoms with Crippen LogP contribution >= 0.6 is 0 Å². The number of aromatic nitrogens is 2.